The average molecular weight is 675 g/mol. The van der Waals surface area contributed by atoms with E-state index < -0.39 is 0 Å². The molecule has 0 unspecified atom stereocenters. The third kappa shape index (κ3) is 3.56. The summed E-state index contributed by atoms with van der Waals surface area (Å²) >= 11 is 0. The van der Waals surface area contributed by atoms with Gasteiger partial charge in [-0.1, -0.05) is 91.0 Å². The highest BCUT2D eigenvalue weighted by Crippen LogP contribution is 2.45. The quantitative estimate of drug-likeness (QED) is 0.171. The molecule has 5 heterocycles. The Balaban J connectivity index is 1.04. The van der Waals surface area contributed by atoms with E-state index in [-0.39, 0.29) is 6.92 Å². The van der Waals surface area contributed by atoms with Gasteiger partial charge in [0.05, 0.1) is 27.6 Å². The number of hydrogen-bond donors (Lipinski definition) is 0. The number of fused-ring (bicyclic) bond motifs is 13. The molecule has 0 N–H and O–H groups in total. The van der Waals surface area contributed by atoms with Gasteiger partial charge in [-0.05, 0) is 89.5 Å². The molecule has 0 bridgehead atoms. The minimum Gasteiger partial charge on any atom is -0.551 e. The lowest BCUT2D eigenvalue weighted by atomic mass is 9.50. The molecule has 0 aliphatic carbocycles. The Kier molecular flexibility index (Phi) is 5.16. The third-order valence-corrected chi connectivity index (χ3v) is 11.7. The lowest BCUT2D eigenvalue weighted by Gasteiger charge is -2.33. The second-order valence-corrected chi connectivity index (χ2v) is 14.4. The van der Waals surface area contributed by atoms with Crippen LogP contribution in [0.2, 0.25) is 0 Å². The summed E-state index contributed by atoms with van der Waals surface area (Å²) in [6, 6.07) is 59.1. The SMILES string of the molecule is c1ccc2c(c1)OB1c3cc(-n4c5ccccc5c5ccccc54)ccc3Oc3cc(-c4cc5c6ccccc6n6c7ccccc7c(c4)c56)cc-2c31. The van der Waals surface area contributed by atoms with Crippen molar-refractivity contribution < 1.29 is 9.39 Å². The first-order valence-electron chi connectivity index (χ1n) is 18.2. The first-order chi connectivity index (χ1) is 26.3. The van der Waals surface area contributed by atoms with Crippen LogP contribution in [-0.4, -0.2) is 15.9 Å². The molecule has 0 radical (unpaired) electrons. The maximum atomic E-state index is 6.94. The largest absolute Gasteiger partial charge is 0.551 e. The number of nitrogens with zero attached hydrogens (tertiary/aromatic N) is 2. The molecule has 0 spiro atoms. The Morgan fingerprint density at radius 3 is 1.66 bits per heavy atom. The molecule has 5 heteroatoms. The number of benzene rings is 8. The van der Waals surface area contributed by atoms with Crippen LogP contribution in [0.1, 0.15) is 0 Å². The van der Waals surface area contributed by atoms with Crippen LogP contribution in [0.4, 0.5) is 0 Å². The smallest absolute Gasteiger partial charge is 0.434 e. The highest BCUT2D eigenvalue weighted by molar-refractivity contribution is 6.84. The number of rotatable bonds is 2. The predicted octanol–water partition coefficient (Wildman–Crippen LogP) is 10.9. The zero-order valence-corrected chi connectivity index (χ0v) is 28.4. The van der Waals surface area contributed by atoms with E-state index in [1.54, 1.807) is 0 Å². The van der Waals surface area contributed by atoms with Gasteiger partial charge < -0.3 is 18.4 Å². The van der Waals surface area contributed by atoms with E-state index in [4.69, 9.17) is 9.39 Å². The summed E-state index contributed by atoms with van der Waals surface area (Å²) in [6.45, 7) is -0.314. The minimum atomic E-state index is -0.314. The molecule has 13 rings (SSSR count). The summed E-state index contributed by atoms with van der Waals surface area (Å²) in [4.78, 5) is 0. The predicted molar refractivity (Wildman–Crippen MR) is 218 cm³/mol. The van der Waals surface area contributed by atoms with E-state index in [1.807, 2.05) is 0 Å². The van der Waals surface area contributed by atoms with E-state index in [0.717, 1.165) is 50.6 Å². The second-order valence-electron chi connectivity index (χ2n) is 14.4. The zero-order valence-electron chi connectivity index (χ0n) is 28.4. The van der Waals surface area contributed by atoms with E-state index in [0.29, 0.717) is 0 Å². The third-order valence-electron chi connectivity index (χ3n) is 11.7. The highest BCUT2D eigenvalue weighted by Gasteiger charge is 2.41. The first kappa shape index (κ1) is 27.7. The van der Waals surface area contributed by atoms with Gasteiger partial charge in [0.15, 0.2) is 0 Å². The summed E-state index contributed by atoms with van der Waals surface area (Å²) in [5.74, 6) is 2.54. The van der Waals surface area contributed by atoms with Crippen LogP contribution in [0, 0.1) is 0 Å². The summed E-state index contributed by atoms with van der Waals surface area (Å²) in [5.41, 5.74) is 13.8. The Labute approximate surface area is 304 Å². The topological polar surface area (TPSA) is 27.8 Å². The Morgan fingerprint density at radius 2 is 0.981 bits per heavy atom. The van der Waals surface area contributed by atoms with Gasteiger partial charge in [-0.2, -0.15) is 0 Å². The molecule has 0 atom stereocenters. The van der Waals surface area contributed by atoms with Crippen LogP contribution < -0.4 is 20.3 Å². The molecule has 3 aromatic heterocycles. The maximum absolute atomic E-state index is 6.94. The van der Waals surface area contributed by atoms with Gasteiger partial charge in [-0.25, -0.2) is 0 Å². The van der Waals surface area contributed by atoms with E-state index in [1.165, 1.54) is 65.5 Å². The minimum absolute atomic E-state index is 0.314. The van der Waals surface area contributed by atoms with Crippen LogP contribution in [0.3, 0.4) is 0 Å². The number of aromatic nitrogens is 2. The molecule has 2 aliphatic heterocycles. The van der Waals surface area contributed by atoms with Crippen LogP contribution >= 0.6 is 0 Å². The Morgan fingerprint density at radius 1 is 0.415 bits per heavy atom. The maximum Gasteiger partial charge on any atom is 0.434 e. The van der Waals surface area contributed by atoms with Gasteiger partial charge in [0, 0.05) is 54.5 Å². The van der Waals surface area contributed by atoms with Crippen LogP contribution in [0.5, 0.6) is 17.2 Å². The molecule has 4 nitrogen and oxygen atoms in total. The molecule has 53 heavy (non-hydrogen) atoms. The number of para-hydroxylation sites is 5. The fraction of sp³-hybridized carbons (Fsp3) is 0. The average Bonchev–Trinajstić information content (AvgIpc) is 3.86. The van der Waals surface area contributed by atoms with Crippen molar-refractivity contribution in [1.29, 1.82) is 0 Å². The molecule has 11 aromatic rings. The van der Waals surface area contributed by atoms with Crippen molar-refractivity contribution in [3.63, 3.8) is 0 Å². The molecule has 8 aromatic carbocycles. The molecule has 0 fully saturated rings. The first-order valence-corrected chi connectivity index (χ1v) is 18.2. The van der Waals surface area contributed by atoms with Crippen molar-refractivity contribution in [2.45, 2.75) is 0 Å². The lowest BCUT2D eigenvalue weighted by Crippen LogP contribution is -2.53. The lowest BCUT2D eigenvalue weighted by molar-refractivity contribution is 0.479. The normalized spacial score (nSPS) is 13.2. The summed E-state index contributed by atoms with van der Waals surface area (Å²) < 4.78 is 18.7. The Hall–Kier alpha value is -6.98. The van der Waals surface area contributed by atoms with Gasteiger partial charge in [-0.15, -0.1) is 0 Å². The summed E-state index contributed by atoms with van der Waals surface area (Å²) in [5, 5.41) is 7.54. The summed E-state index contributed by atoms with van der Waals surface area (Å²) in [7, 11) is 0. The van der Waals surface area contributed by atoms with Crippen molar-refractivity contribution in [3.8, 4) is 45.2 Å². The molecule has 2 aliphatic rings. The van der Waals surface area contributed by atoms with Gasteiger partial charge in [0.1, 0.15) is 17.2 Å². The highest BCUT2D eigenvalue weighted by atomic mass is 16.5. The van der Waals surface area contributed by atoms with Crippen LogP contribution in [0.15, 0.2) is 164 Å². The molecular formula is C48H27BN2O2. The number of ether oxygens (including phenoxy) is 1. The summed E-state index contributed by atoms with van der Waals surface area (Å²) in [6.07, 6.45) is 0. The van der Waals surface area contributed by atoms with Crippen LogP contribution in [-0.2, 0) is 0 Å². The second kappa shape index (κ2) is 9.87. The van der Waals surface area contributed by atoms with Gasteiger partial charge in [0.2, 0.25) is 0 Å². The van der Waals surface area contributed by atoms with Crippen molar-refractivity contribution in [2.24, 2.45) is 0 Å². The van der Waals surface area contributed by atoms with Gasteiger partial charge in [0.25, 0.3) is 0 Å². The van der Waals surface area contributed by atoms with E-state index in [9.17, 15) is 0 Å². The standard InChI is InChI=1S/C48H27BN2O2/c1-6-16-40-31(11-1)32-12-2-7-17-41(32)50(40)30-21-22-45-39(27-30)49-47-36(35-15-5-10-20-44(35)53-49)23-29(26-46(47)52-45)28-24-37-33-13-3-8-18-42(33)51-43-19-9-4-14-34(43)38(25-28)48(37)51/h1-27H. The monoisotopic (exact) mass is 674 g/mol. The number of hydrogen-bond acceptors (Lipinski definition) is 2. The Bertz CT molecular complexity index is 3240. The fourth-order valence-corrected chi connectivity index (χ4v) is 9.48. The molecule has 0 saturated carbocycles. The van der Waals surface area contributed by atoms with Gasteiger partial charge in [-0.3, -0.25) is 0 Å². The van der Waals surface area contributed by atoms with Crippen LogP contribution in [0.25, 0.3) is 87.8 Å². The molecule has 0 saturated heterocycles. The van der Waals surface area contributed by atoms with Crippen molar-refractivity contribution >= 4 is 77.7 Å². The van der Waals surface area contributed by atoms with E-state index in [2.05, 4.69) is 173 Å². The zero-order chi connectivity index (χ0) is 34.4. The van der Waals surface area contributed by atoms with Crippen molar-refractivity contribution in [1.82, 2.24) is 8.97 Å². The molecule has 244 valence electrons. The van der Waals surface area contributed by atoms with Crippen molar-refractivity contribution in [2.75, 3.05) is 0 Å². The van der Waals surface area contributed by atoms with E-state index >= 15 is 0 Å². The fourth-order valence-electron chi connectivity index (χ4n) is 9.48. The van der Waals surface area contributed by atoms with Gasteiger partial charge >= 0.3 is 6.92 Å². The van der Waals surface area contributed by atoms with Crippen molar-refractivity contribution in [3.05, 3.63) is 164 Å². The molecule has 0 amide bonds. The molecular weight excluding hydrogens is 647 g/mol.